The summed E-state index contributed by atoms with van der Waals surface area (Å²) < 4.78 is 0. The van der Waals surface area contributed by atoms with Crippen LogP contribution >= 0.6 is 11.3 Å². The topological polar surface area (TPSA) is 78.4 Å². The number of nitrogens with zero attached hydrogens (tertiary/aromatic N) is 4. The first-order valence-corrected chi connectivity index (χ1v) is 7.36. The molecule has 1 aromatic heterocycles. The van der Waals surface area contributed by atoms with Gasteiger partial charge >= 0.3 is 6.03 Å². The zero-order valence-corrected chi connectivity index (χ0v) is 12.7. The Balaban J connectivity index is 1.94. The van der Waals surface area contributed by atoms with Crippen LogP contribution in [0.5, 0.6) is 0 Å². The van der Waals surface area contributed by atoms with E-state index in [0.29, 0.717) is 18.2 Å². The molecule has 3 amide bonds. The fourth-order valence-corrected chi connectivity index (χ4v) is 2.80. The predicted octanol–water partition coefficient (Wildman–Crippen LogP) is 1.18. The molecule has 8 heteroatoms. The summed E-state index contributed by atoms with van der Waals surface area (Å²) in [6, 6.07) is -0.0470. The molecule has 1 atom stereocenters. The van der Waals surface area contributed by atoms with E-state index in [9.17, 15) is 9.59 Å². The Morgan fingerprint density at radius 2 is 2.15 bits per heavy atom. The molecule has 2 heterocycles. The molecule has 1 saturated heterocycles. The number of urea groups is 1. The first-order chi connectivity index (χ1) is 9.47. The number of hydrogen-bond acceptors (Lipinski definition) is 5. The van der Waals surface area contributed by atoms with Gasteiger partial charge in [-0.15, -0.1) is 10.2 Å². The number of nitrogens with one attached hydrogen (secondary N) is 1. The van der Waals surface area contributed by atoms with Gasteiger partial charge in [-0.3, -0.25) is 4.79 Å². The second-order valence-electron chi connectivity index (χ2n) is 5.08. The van der Waals surface area contributed by atoms with Gasteiger partial charge < -0.3 is 15.1 Å². The minimum Gasteiger partial charge on any atom is -0.331 e. The lowest BCUT2D eigenvalue weighted by molar-refractivity contribution is -0.121. The maximum atomic E-state index is 12.2. The minimum absolute atomic E-state index is 0.0470. The molecule has 7 nitrogen and oxygen atoms in total. The molecule has 110 valence electrons. The average Bonchev–Trinajstić information content (AvgIpc) is 2.83. The molecule has 0 aromatic carbocycles. The minimum atomic E-state index is -0.183. The second kappa shape index (κ2) is 6.17. The number of aromatic nitrogens is 2. The summed E-state index contributed by atoms with van der Waals surface area (Å²) in [6.07, 6.45) is 1.63. The average molecular weight is 297 g/mol. The largest absolute Gasteiger partial charge is 0.331 e. The number of anilines is 1. The summed E-state index contributed by atoms with van der Waals surface area (Å²) in [5.41, 5.74) is 0. The molecule has 20 heavy (non-hydrogen) atoms. The van der Waals surface area contributed by atoms with E-state index < -0.39 is 0 Å². The smallest absolute Gasteiger partial charge is 0.319 e. The zero-order chi connectivity index (χ0) is 14.7. The monoisotopic (exact) mass is 297 g/mol. The Morgan fingerprint density at radius 3 is 2.75 bits per heavy atom. The molecule has 1 fully saturated rings. The zero-order valence-electron chi connectivity index (χ0n) is 11.9. The van der Waals surface area contributed by atoms with Gasteiger partial charge in [0.15, 0.2) is 0 Å². The van der Waals surface area contributed by atoms with Crippen LogP contribution in [-0.4, -0.2) is 59.1 Å². The molecule has 0 radical (unpaired) electrons. The van der Waals surface area contributed by atoms with E-state index in [1.165, 1.54) is 16.2 Å². The Kier molecular flexibility index (Phi) is 4.53. The number of hydrogen-bond donors (Lipinski definition) is 1. The molecular formula is C12H19N5O2S. The van der Waals surface area contributed by atoms with Gasteiger partial charge in [-0.2, -0.15) is 0 Å². The van der Waals surface area contributed by atoms with E-state index in [1.807, 2.05) is 6.92 Å². The van der Waals surface area contributed by atoms with Gasteiger partial charge in [-0.25, -0.2) is 4.79 Å². The van der Waals surface area contributed by atoms with E-state index in [2.05, 4.69) is 15.5 Å². The van der Waals surface area contributed by atoms with Gasteiger partial charge in [0.2, 0.25) is 11.0 Å². The van der Waals surface area contributed by atoms with Crippen LogP contribution in [0.4, 0.5) is 9.93 Å². The first kappa shape index (κ1) is 14.7. The number of likely N-dealkylation sites (tertiary alicyclic amines) is 1. The third-order valence-electron chi connectivity index (χ3n) is 3.20. The Hall–Kier alpha value is -1.70. The van der Waals surface area contributed by atoms with E-state index in [4.69, 9.17) is 0 Å². The van der Waals surface area contributed by atoms with Crippen LogP contribution in [0.3, 0.4) is 0 Å². The van der Waals surface area contributed by atoms with Gasteiger partial charge in [0.05, 0.1) is 5.92 Å². The van der Waals surface area contributed by atoms with Gasteiger partial charge in [-0.1, -0.05) is 11.3 Å². The lowest BCUT2D eigenvalue weighted by Gasteiger charge is -2.33. The summed E-state index contributed by atoms with van der Waals surface area (Å²) in [6.45, 7) is 3.00. The highest BCUT2D eigenvalue weighted by atomic mass is 32.1. The molecular weight excluding hydrogens is 278 g/mol. The summed E-state index contributed by atoms with van der Waals surface area (Å²) in [5, 5.41) is 11.9. The van der Waals surface area contributed by atoms with Crippen molar-refractivity contribution in [2.24, 2.45) is 5.92 Å². The third kappa shape index (κ3) is 3.44. The van der Waals surface area contributed by atoms with Gasteiger partial charge in [0, 0.05) is 27.2 Å². The van der Waals surface area contributed by atoms with Crippen molar-refractivity contribution in [3.8, 4) is 0 Å². The number of aryl methyl sites for hydroxylation is 1. The summed E-state index contributed by atoms with van der Waals surface area (Å²) in [5.74, 6) is -0.269. The van der Waals surface area contributed by atoms with Crippen LogP contribution in [0, 0.1) is 12.8 Å². The number of carbonyl (C=O) groups excluding carboxylic acids is 2. The molecule has 0 aliphatic carbocycles. The molecule has 0 saturated carbocycles. The van der Waals surface area contributed by atoms with Gasteiger partial charge in [0.1, 0.15) is 5.01 Å². The van der Waals surface area contributed by atoms with E-state index >= 15 is 0 Å². The van der Waals surface area contributed by atoms with Crippen molar-refractivity contribution in [3.05, 3.63) is 5.01 Å². The molecule has 2 rings (SSSR count). The fraction of sp³-hybridized carbons (Fsp3) is 0.667. The van der Waals surface area contributed by atoms with Crippen LogP contribution in [0.15, 0.2) is 0 Å². The van der Waals surface area contributed by atoms with Crippen molar-refractivity contribution in [2.45, 2.75) is 19.8 Å². The molecule has 1 aliphatic heterocycles. The molecule has 1 aliphatic rings. The molecule has 0 unspecified atom stereocenters. The molecule has 0 bridgehead atoms. The normalized spacial score (nSPS) is 18.8. The van der Waals surface area contributed by atoms with Crippen LogP contribution in [0.2, 0.25) is 0 Å². The van der Waals surface area contributed by atoms with E-state index in [0.717, 1.165) is 17.8 Å². The first-order valence-electron chi connectivity index (χ1n) is 6.54. The quantitative estimate of drug-likeness (QED) is 0.889. The Labute approximate surface area is 122 Å². The maximum absolute atomic E-state index is 12.2. The highest BCUT2D eigenvalue weighted by Gasteiger charge is 2.29. The van der Waals surface area contributed by atoms with Crippen molar-refractivity contribution < 1.29 is 9.59 Å². The lowest BCUT2D eigenvalue weighted by atomic mass is 9.97. The number of piperidine rings is 1. The van der Waals surface area contributed by atoms with E-state index in [1.54, 1.807) is 19.0 Å². The van der Waals surface area contributed by atoms with Gasteiger partial charge in [0.25, 0.3) is 0 Å². The Bertz CT molecular complexity index is 502. The van der Waals surface area contributed by atoms with Crippen molar-refractivity contribution in [3.63, 3.8) is 0 Å². The SMILES string of the molecule is Cc1nnc(NC(=O)[C@@H]2CCCN(C(=O)N(C)C)C2)s1. The standard InChI is InChI=1S/C12H19N5O2S/c1-8-14-15-11(20-8)13-10(18)9-5-4-6-17(7-9)12(19)16(2)3/h9H,4-7H2,1-3H3,(H,13,15,18)/t9-/m1/s1. The fourth-order valence-electron chi connectivity index (χ4n) is 2.20. The highest BCUT2D eigenvalue weighted by molar-refractivity contribution is 7.15. The van der Waals surface area contributed by atoms with Crippen molar-refractivity contribution in [1.29, 1.82) is 0 Å². The number of amides is 3. The van der Waals surface area contributed by atoms with Gasteiger partial charge in [-0.05, 0) is 19.8 Å². The summed E-state index contributed by atoms with van der Waals surface area (Å²) >= 11 is 1.35. The second-order valence-corrected chi connectivity index (χ2v) is 6.26. The number of rotatable bonds is 2. The lowest BCUT2D eigenvalue weighted by Crippen LogP contribution is -2.47. The predicted molar refractivity (Wildman–Crippen MR) is 76.7 cm³/mol. The molecule has 1 N–H and O–H groups in total. The highest BCUT2D eigenvalue weighted by Crippen LogP contribution is 2.20. The summed E-state index contributed by atoms with van der Waals surface area (Å²) in [4.78, 5) is 27.4. The summed E-state index contributed by atoms with van der Waals surface area (Å²) in [7, 11) is 3.44. The number of carbonyl (C=O) groups is 2. The van der Waals surface area contributed by atoms with Crippen LogP contribution < -0.4 is 5.32 Å². The molecule has 0 spiro atoms. The van der Waals surface area contributed by atoms with Crippen molar-refractivity contribution in [2.75, 3.05) is 32.5 Å². The molecule has 1 aromatic rings. The van der Waals surface area contributed by atoms with Crippen LogP contribution in [0.25, 0.3) is 0 Å². The van der Waals surface area contributed by atoms with E-state index in [-0.39, 0.29) is 17.9 Å². The Morgan fingerprint density at radius 1 is 1.40 bits per heavy atom. The van der Waals surface area contributed by atoms with Crippen molar-refractivity contribution in [1.82, 2.24) is 20.0 Å². The van der Waals surface area contributed by atoms with Crippen LogP contribution in [0.1, 0.15) is 17.8 Å². The maximum Gasteiger partial charge on any atom is 0.319 e. The third-order valence-corrected chi connectivity index (χ3v) is 3.96. The van der Waals surface area contributed by atoms with Crippen molar-refractivity contribution >= 4 is 28.4 Å². The van der Waals surface area contributed by atoms with Crippen LogP contribution in [-0.2, 0) is 4.79 Å².